The minimum absolute atomic E-state index is 0.533. The van der Waals surface area contributed by atoms with E-state index in [0.717, 1.165) is 21.7 Å². The lowest BCUT2D eigenvalue weighted by Gasteiger charge is -1.98. The zero-order valence-corrected chi connectivity index (χ0v) is 15.1. The summed E-state index contributed by atoms with van der Waals surface area (Å²) >= 11 is 13.3. The molecule has 0 saturated heterocycles. The normalized spacial score (nSPS) is 11.3. The van der Waals surface area contributed by atoms with Gasteiger partial charge in [-0.25, -0.2) is 4.98 Å². The van der Waals surface area contributed by atoms with Gasteiger partial charge in [0, 0.05) is 20.5 Å². The van der Waals surface area contributed by atoms with Gasteiger partial charge in [-0.15, -0.1) is 11.3 Å². The Balaban J connectivity index is 1.99. The molecule has 0 aliphatic carbocycles. The minimum atomic E-state index is 0.533. The molecule has 0 aliphatic heterocycles. The third kappa shape index (κ3) is 3.68. The van der Waals surface area contributed by atoms with E-state index in [9.17, 15) is 5.26 Å². The molecule has 3 aromatic rings. The first-order chi connectivity index (χ1) is 11.6. The molecule has 118 valence electrons. The molecular formula is C19H12Cl2N2S. The van der Waals surface area contributed by atoms with Crippen LogP contribution in [-0.4, -0.2) is 4.98 Å². The highest BCUT2D eigenvalue weighted by Crippen LogP contribution is 2.32. The number of halogens is 2. The summed E-state index contributed by atoms with van der Waals surface area (Å²) in [5.74, 6) is 0. The van der Waals surface area contributed by atoms with E-state index in [-0.39, 0.29) is 0 Å². The van der Waals surface area contributed by atoms with E-state index in [2.05, 4.69) is 11.1 Å². The Morgan fingerprint density at radius 3 is 2.21 bits per heavy atom. The molecule has 0 fully saturated rings. The van der Waals surface area contributed by atoms with E-state index < -0.39 is 0 Å². The van der Waals surface area contributed by atoms with E-state index in [0.29, 0.717) is 20.6 Å². The van der Waals surface area contributed by atoms with Gasteiger partial charge in [-0.3, -0.25) is 0 Å². The van der Waals surface area contributed by atoms with Crippen LogP contribution in [0.3, 0.4) is 0 Å². The lowest BCUT2D eigenvalue weighted by molar-refractivity contribution is 1.34. The predicted molar refractivity (Wildman–Crippen MR) is 102 cm³/mol. The lowest BCUT2D eigenvalue weighted by atomic mass is 10.1. The topological polar surface area (TPSA) is 36.7 Å². The number of nitriles is 1. The summed E-state index contributed by atoms with van der Waals surface area (Å²) in [5, 5.41) is 11.6. The Morgan fingerprint density at radius 1 is 1.04 bits per heavy atom. The molecule has 1 heterocycles. The van der Waals surface area contributed by atoms with Crippen LogP contribution in [0.1, 0.15) is 15.4 Å². The molecule has 0 spiro atoms. The highest BCUT2D eigenvalue weighted by Gasteiger charge is 2.13. The quantitative estimate of drug-likeness (QED) is 0.494. The second kappa shape index (κ2) is 7.19. The first kappa shape index (κ1) is 16.7. The van der Waals surface area contributed by atoms with Crippen LogP contribution >= 0.6 is 34.5 Å². The number of aromatic nitrogens is 1. The fourth-order valence-corrected chi connectivity index (χ4v) is 3.41. The van der Waals surface area contributed by atoms with Crippen LogP contribution in [-0.2, 0) is 0 Å². The summed E-state index contributed by atoms with van der Waals surface area (Å²) in [5.41, 5.74) is 3.31. The Labute approximate surface area is 154 Å². The monoisotopic (exact) mass is 370 g/mol. The number of nitrogens with zero attached hydrogens (tertiary/aromatic N) is 2. The average Bonchev–Trinajstić information content (AvgIpc) is 2.96. The van der Waals surface area contributed by atoms with Crippen molar-refractivity contribution in [2.45, 2.75) is 6.92 Å². The van der Waals surface area contributed by atoms with E-state index in [1.807, 2.05) is 49.4 Å². The molecular weight excluding hydrogens is 359 g/mol. The molecule has 0 atom stereocenters. The van der Waals surface area contributed by atoms with Crippen molar-refractivity contribution in [2.24, 2.45) is 0 Å². The van der Waals surface area contributed by atoms with Gasteiger partial charge in [0.05, 0.1) is 11.3 Å². The molecule has 0 N–H and O–H groups in total. The maximum atomic E-state index is 9.51. The molecule has 0 bridgehead atoms. The van der Waals surface area contributed by atoms with Crippen LogP contribution in [0.2, 0.25) is 10.0 Å². The maximum Gasteiger partial charge on any atom is 0.134 e. The average molecular weight is 371 g/mol. The van der Waals surface area contributed by atoms with Crippen LogP contribution in [0.25, 0.3) is 22.9 Å². The Morgan fingerprint density at radius 2 is 1.62 bits per heavy atom. The summed E-state index contributed by atoms with van der Waals surface area (Å²) in [6.07, 6.45) is 1.82. The Hall–Kier alpha value is -2.12. The standard InChI is InChI=1S/C19H12Cl2N2S/c1-12-18(14-4-8-17(21)9-5-14)23-19(24-12)15(11-22)10-13-2-6-16(20)7-3-13/h2-10H,1H3. The van der Waals surface area contributed by atoms with Crippen LogP contribution in [0.15, 0.2) is 48.5 Å². The summed E-state index contributed by atoms with van der Waals surface area (Å²) in [6, 6.07) is 17.1. The molecule has 1 aromatic heterocycles. The van der Waals surface area contributed by atoms with Crippen molar-refractivity contribution in [3.05, 3.63) is 74.0 Å². The third-order valence-corrected chi connectivity index (χ3v) is 4.95. The second-order valence-corrected chi connectivity index (χ2v) is 7.23. The number of hydrogen-bond acceptors (Lipinski definition) is 3. The lowest BCUT2D eigenvalue weighted by Crippen LogP contribution is -1.83. The number of aryl methyl sites for hydroxylation is 1. The first-order valence-electron chi connectivity index (χ1n) is 7.18. The SMILES string of the molecule is Cc1sc(C(C#N)=Cc2ccc(Cl)cc2)nc1-c1ccc(Cl)cc1. The van der Waals surface area contributed by atoms with Gasteiger partial charge >= 0.3 is 0 Å². The van der Waals surface area contributed by atoms with Crippen LogP contribution in [0.4, 0.5) is 0 Å². The van der Waals surface area contributed by atoms with Crippen molar-refractivity contribution >= 4 is 46.2 Å². The summed E-state index contributed by atoms with van der Waals surface area (Å²) in [4.78, 5) is 5.71. The largest absolute Gasteiger partial charge is 0.235 e. The third-order valence-electron chi connectivity index (χ3n) is 3.45. The van der Waals surface area contributed by atoms with Gasteiger partial charge in [-0.2, -0.15) is 5.26 Å². The van der Waals surface area contributed by atoms with Gasteiger partial charge < -0.3 is 0 Å². The first-order valence-corrected chi connectivity index (χ1v) is 8.75. The molecule has 0 radical (unpaired) electrons. The Bertz CT molecular complexity index is 933. The van der Waals surface area contributed by atoms with Gasteiger partial charge in [0.1, 0.15) is 11.1 Å². The molecule has 2 nitrogen and oxygen atoms in total. The second-order valence-electron chi connectivity index (χ2n) is 5.15. The molecule has 0 saturated carbocycles. The molecule has 3 rings (SSSR count). The van der Waals surface area contributed by atoms with Gasteiger partial charge in [-0.05, 0) is 42.8 Å². The van der Waals surface area contributed by atoms with Crippen molar-refractivity contribution in [3.63, 3.8) is 0 Å². The van der Waals surface area contributed by atoms with Gasteiger partial charge in [-0.1, -0.05) is 47.5 Å². The van der Waals surface area contributed by atoms with Crippen molar-refractivity contribution in [3.8, 4) is 17.3 Å². The number of allylic oxidation sites excluding steroid dienone is 1. The van der Waals surface area contributed by atoms with Crippen molar-refractivity contribution in [1.29, 1.82) is 5.26 Å². The highest BCUT2D eigenvalue weighted by atomic mass is 35.5. The zero-order valence-electron chi connectivity index (χ0n) is 12.8. The van der Waals surface area contributed by atoms with E-state index in [4.69, 9.17) is 23.2 Å². The van der Waals surface area contributed by atoms with Gasteiger partial charge in [0.2, 0.25) is 0 Å². The van der Waals surface area contributed by atoms with Gasteiger partial charge in [0.25, 0.3) is 0 Å². The van der Waals surface area contributed by atoms with Crippen LogP contribution in [0, 0.1) is 18.3 Å². The van der Waals surface area contributed by atoms with E-state index in [1.54, 1.807) is 12.1 Å². The molecule has 24 heavy (non-hydrogen) atoms. The zero-order chi connectivity index (χ0) is 17.1. The smallest absolute Gasteiger partial charge is 0.134 e. The minimum Gasteiger partial charge on any atom is -0.235 e. The van der Waals surface area contributed by atoms with Crippen molar-refractivity contribution in [2.75, 3.05) is 0 Å². The summed E-state index contributed by atoms with van der Waals surface area (Å²) < 4.78 is 0. The number of hydrogen-bond donors (Lipinski definition) is 0. The highest BCUT2D eigenvalue weighted by molar-refractivity contribution is 7.13. The van der Waals surface area contributed by atoms with Crippen molar-refractivity contribution < 1.29 is 0 Å². The molecule has 0 amide bonds. The predicted octanol–water partition coefficient (Wildman–Crippen LogP) is 6.49. The maximum absolute atomic E-state index is 9.51. The molecule has 0 aliphatic rings. The summed E-state index contributed by atoms with van der Waals surface area (Å²) in [6.45, 7) is 2.00. The Kier molecular flexibility index (Phi) is 5.01. The van der Waals surface area contributed by atoms with Gasteiger partial charge in [0.15, 0.2) is 0 Å². The molecule has 2 aromatic carbocycles. The molecule has 0 unspecified atom stereocenters. The fraction of sp³-hybridized carbons (Fsp3) is 0.0526. The number of rotatable bonds is 3. The molecule has 5 heteroatoms. The number of thiazole rings is 1. The summed E-state index contributed by atoms with van der Waals surface area (Å²) in [7, 11) is 0. The van der Waals surface area contributed by atoms with E-state index >= 15 is 0 Å². The van der Waals surface area contributed by atoms with Crippen LogP contribution < -0.4 is 0 Å². The van der Waals surface area contributed by atoms with Crippen LogP contribution in [0.5, 0.6) is 0 Å². The van der Waals surface area contributed by atoms with E-state index in [1.165, 1.54) is 11.3 Å². The number of benzene rings is 2. The van der Waals surface area contributed by atoms with Crippen molar-refractivity contribution in [1.82, 2.24) is 4.98 Å². The fourth-order valence-electron chi connectivity index (χ4n) is 2.25.